The molecule has 0 aliphatic carbocycles. The number of likely N-dealkylation sites (tertiary alicyclic amines) is 1. The molecule has 178 valence electrons. The third kappa shape index (κ3) is 6.18. The summed E-state index contributed by atoms with van der Waals surface area (Å²) in [5.41, 5.74) is 9.90. The quantitative estimate of drug-likeness (QED) is 0.112. The molecular weight excluding hydrogens is 452 g/mol. The standard InChI is InChI=1S/C20H26N6O6S/c21-24-23-13-1-2-15(16(8-13)26(31)32)22-5-3-14-7-12(11-33-14)4-6-25-9-18(28)20(30)19(29)17(25)10-27/h1-2,7-8,11,17-20,22,27-30H,3-6,9-10H2. The molecule has 3 rings (SSSR count). The van der Waals surface area contributed by atoms with Gasteiger partial charge >= 0.3 is 0 Å². The lowest BCUT2D eigenvalue weighted by atomic mass is 9.94. The number of benzene rings is 1. The van der Waals surface area contributed by atoms with Gasteiger partial charge in [-0.1, -0.05) is 11.2 Å². The van der Waals surface area contributed by atoms with E-state index in [1.54, 1.807) is 16.2 Å². The van der Waals surface area contributed by atoms with Crippen LogP contribution in [0.15, 0.2) is 34.8 Å². The summed E-state index contributed by atoms with van der Waals surface area (Å²) in [4.78, 5) is 16.3. The number of nitrogens with one attached hydrogen (secondary N) is 1. The fourth-order valence-corrected chi connectivity index (χ4v) is 4.78. The number of hydrogen-bond acceptors (Lipinski definition) is 10. The molecule has 0 amide bonds. The third-order valence-corrected chi connectivity index (χ3v) is 6.68. The van der Waals surface area contributed by atoms with Crippen LogP contribution in [0.5, 0.6) is 0 Å². The highest BCUT2D eigenvalue weighted by atomic mass is 32.1. The van der Waals surface area contributed by atoms with Crippen LogP contribution in [0.25, 0.3) is 10.4 Å². The normalized spacial score (nSPS) is 23.2. The molecule has 12 nitrogen and oxygen atoms in total. The Morgan fingerprint density at radius 1 is 1.27 bits per heavy atom. The van der Waals surface area contributed by atoms with Gasteiger partial charge in [-0.15, -0.1) is 11.3 Å². The second-order valence-corrected chi connectivity index (χ2v) is 8.79. The number of hydrogen-bond donors (Lipinski definition) is 5. The molecule has 4 atom stereocenters. The highest BCUT2D eigenvalue weighted by molar-refractivity contribution is 7.10. The van der Waals surface area contributed by atoms with Crippen molar-refractivity contribution in [3.05, 3.63) is 60.6 Å². The summed E-state index contributed by atoms with van der Waals surface area (Å²) in [5, 5.41) is 59.1. The average molecular weight is 479 g/mol. The van der Waals surface area contributed by atoms with Gasteiger partial charge in [0, 0.05) is 41.2 Å². The predicted octanol–water partition coefficient (Wildman–Crippen LogP) is 1.55. The van der Waals surface area contributed by atoms with E-state index in [4.69, 9.17) is 5.53 Å². The van der Waals surface area contributed by atoms with Gasteiger partial charge in [-0.05, 0) is 41.4 Å². The number of piperidine rings is 1. The third-order valence-electron chi connectivity index (χ3n) is 5.64. The van der Waals surface area contributed by atoms with E-state index in [9.17, 15) is 30.5 Å². The number of rotatable bonds is 10. The van der Waals surface area contributed by atoms with Crippen LogP contribution < -0.4 is 5.32 Å². The van der Waals surface area contributed by atoms with E-state index in [0.717, 1.165) is 10.4 Å². The molecule has 0 spiro atoms. The molecule has 1 saturated heterocycles. The molecule has 2 aromatic rings. The van der Waals surface area contributed by atoms with E-state index >= 15 is 0 Å². The van der Waals surface area contributed by atoms with Crippen molar-refractivity contribution in [1.82, 2.24) is 4.90 Å². The van der Waals surface area contributed by atoms with Crippen LogP contribution in [0.3, 0.4) is 0 Å². The van der Waals surface area contributed by atoms with Crippen LogP contribution in [0.4, 0.5) is 17.1 Å². The maximum Gasteiger partial charge on any atom is 0.292 e. The van der Waals surface area contributed by atoms with Crippen LogP contribution in [0, 0.1) is 10.1 Å². The first kappa shape index (κ1) is 24.9. The molecular formula is C20H26N6O6S. The first-order valence-corrected chi connectivity index (χ1v) is 11.2. The summed E-state index contributed by atoms with van der Waals surface area (Å²) >= 11 is 1.56. The Kier molecular flexibility index (Phi) is 8.58. The van der Waals surface area contributed by atoms with Gasteiger partial charge in [-0.2, -0.15) is 0 Å². The molecule has 0 bridgehead atoms. The highest BCUT2D eigenvalue weighted by Gasteiger charge is 2.40. The van der Waals surface area contributed by atoms with Crippen LogP contribution in [0.2, 0.25) is 0 Å². The van der Waals surface area contributed by atoms with Crippen molar-refractivity contribution < 1.29 is 25.3 Å². The van der Waals surface area contributed by atoms with Gasteiger partial charge in [0.1, 0.15) is 17.9 Å². The highest BCUT2D eigenvalue weighted by Crippen LogP contribution is 2.29. The van der Waals surface area contributed by atoms with E-state index in [1.165, 1.54) is 18.2 Å². The first-order valence-electron chi connectivity index (χ1n) is 10.4. The van der Waals surface area contributed by atoms with Gasteiger partial charge in [0.25, 0.3) is 5.69 Å². The topological polar surface area (TPSA) is 188 Å². The number of aliphatic hydroxyl groups is 4. The second-order valence-electron chi connectivity index (χ2n) is 7.79. The first-order chi connectivity index (χ1) is 15.8. The Morgan fingerprint density at radius 3 is 2.76 bits per heavy atom. The van der Waals surface area contributed by atoms with Crippen LogP contribution >= 0.6 is 11.3 Å². The smallest absolute Gasteiger partial charge is 0.292 e. The van der Waals surface area contributed by atoms with Gasteiger partial charge in [0.15, 0.2) is 0 Å². The SMILES string of the molecule is [N-]=[N+]=Nc1ccc(NCCc2cc(CCN3CC(O)C(O)C(O)C3CO)cs2)c([N+](=O)[O-])c1. The number of nitrogens with zero attached hydrogens (tertiary/aromatic N) is 5. The van der Waals surface area contributed by atoms with Crippen molar-refractivity contribution in [2.45, 2.75) is 37.2 Å². The predicted molar refractivity (Wildman–Crippen MR) is 123 cm³/mol. The molecule has 1 aromatic heterocycles. The van der Waals surface area contributed by atoms with Gasteiger partial charge in [-0.25, -0.2) is 0 Å². The van der Waals surface area contributed by atoms with Crippen LogP contribution in [0.1, 0.15) is 10.4 Å². The number of nitro benzene ring substituents is 1. The summed E-state index contributed by atoms with van der Waals surface area (Å²) in [6.45, 7) is 0.823. The second kappa shape index (κ2) is 11.4. The number of nitro groups is 1. The fourth-order valence-electron chi connectivity index (χ4n) is 3.85. The molecule has 5 N–H and O–H groups in total. The molecule has 1 fully saturated rings. The maximum atomic E-state index is 11.3. The van der Waals surface area contributed by atoms with Gasteiger partial charge in [-0.3, -0.25) is 15.0 Å². The van der Waals surface area contributed by atoms with Crippen molar-refractivity contribution in [2.24, 2.45) is 5.11 Å². The van der Waals surface area contributed by atoms with E-state index in [-0.39, 0.29) is 24.5 Å². The Hall–Kier alpha value is -2.77. The minimum atomic E-state index is -1.27. The Balaban J connectivity index is 1.53. The molecule has 1 aliphatic rings. The van der Waals surface area contributed by atoms with Crippen molar-refractivity contribution in [3.63, 3.8) is 0 Å². The van der Waals surface area contributed by atoms with E-state index in [2.05, 4.69) is 15.3 Å². The lowest BCUT2D eigenvalue weighted by Gasteiger charge is -2.43. The number of anilines is 1. The molecule has 1 aliphatic heterocycles. The van der Waals surface area contributed by atoms with E-state index < -0.39 is 29.3 Å². The monoisotopic (exact) mass is 478 g/mol. The zero-order valence-electron chi connectivity index (χ0n) is 17.7. The van der Waals surface area contributed by atoms with Gasteiger partial charge in [0.05, 0.1) is 23.7 Å². The summed E-state index contributed by atoms with van der Waals surface area (Å²) < 4.78 is 0. The zero-order valence-corrected chi connectivity index (χ0v) is 18.5. The molecule has 13 heteroatoms. The fraction of sp³-hybridized carbons (Fsp3) is 0.500. The van der Waals surface area contributed by atoms with Crippen molar-refractivity contribution >= 4 is 28.4 Å². The van der Waals surface area contributed by atoms with Crippen molar-refractivity contribution in [2.75, 3.05) is 31.6 Å². The Bertz CT molecular complexity index is 1010. The van der Waals surface area contributed by atoms with Crippen molar-refractivity contribution in [3.8, 4) is 0 Å². The lowest BCUT2D eigenvalue weighted by molar-refractivity contribution is -0.383. The van der Waals surface area contributed by atoms with Crippen molar-refractivity contribution in [1.29, 1.82) is 0 Å². The number of azide groups is 1. The summed E-state index contributed by atoms with van der Waals surface area (Å²) in [6, 6.07) is 5.64. The molecule has 4 unspecified atom stereocenters. The van der Waals surface area contributed by atoms with E-state index in [1.807, 2.05) is 11.4 Å². The van der Waals surface area contributed by atoms with Crippen LogP contribution in [-0.2, 0) is 12.8 Å². The maximum absolute atomic E-state index is 11.3. The molecule has 2 heterocycles. The summed E-state index contributed by atoms with van der Waals surface area (Å²) in [6.07, 6.45) is -2.27. The number of aliphatic hydroxyl groups excluding tert-OH is 4. The molecule has 0 saturated carbocycles. The minimum Gasteiger partial charge on any atom is -0.395 e. The van der Waals surface area contributed by atoms with Gasteiger partial charge in [0.2, 0.25) is 0 Å². The van der Waals surface area contributed by atoms with Crippen LogP contribution in [-0.4, -0.2) is 80.8 Å². The van der Waals surface area contributed by atoms with Gasteiger partial charge < -0.3 is 25.7 Å². The average Bonchev–Trinajstić information content (AvgIpc) is 3.24. The summed E-state index contributed by atoms with van der Waals surface area (Å²) in [7, 11) is 0. The molecule has 33 heavy (non-hydrogen) atoms. The number of thiophene rings is 1. The molecule has 0 radical (unpaired) electrons. The minimum absolute atomic E-state index is 0.166. The number of β-amino-alcohol motifs (C(OH)–C–C–N with tert-alkyl or cyclic N) is 1. The Labute approximate surface area is 193 Å². The van der Waals surface area contributed by atoms with E-state index in [0.29, 0.717) is 31.6 Å². The largest absolute Gasteiger partial charge is 0.395 e. The lowest BCUT2D eigenvalue weighted by Crippen LogP contribution is -2.62. The summed E-state index contributed by atoms with van der Waals surface area (Å²) in [5.74, 6) is 0. The molecule has 1 aromatic carbocycles. The zero-order chi connectivity index (χ0) is 24.0. The Morgan fingerprint density at radius 2 is 2.06 bits per heavy atom.